The van der Waals surface area contributed by atoms with Crippen LogP contribution in [0.3, 0.4) is 0 Å². The van der Waals surface area contributed by atoms with Crippen LogP contribution in [0.4, 0.5) is 0 Å². The molecule has 0 aliphatic heterocycles. The first-order valence-corrected chi connectivity index (χ1v) is 5.62. The van der Waals surface area contributed by atoms with Crippen LogP contribution in [0.25, 0.3) is 0 Å². The van der Waals surface area contributed by atoms with Gasteiger partial charge in [-0.1, -0.05) is 6.42 Å². The third-order valence-corrected chi connectivity index (χ3v) is 3.86. The van der Waals surface area contributed by atoms with Gasteiger partial charge in [-0.2, -0.15) is 0 Å². The number of nitrogens with two attached hydrogens (primary N) is 1. The van der Waals surface area contributed by atoms with Crippen molar-refractivity contribution in [3.05, 3.63) is 0 Å². The summed E-state index contributed by atoms with van der Waals surface area (Å²) in [6, 6.07) is 0. The minimum atomic E-state index is -0.212. The van der Waals surface area contributed by atoms with Crippen molar-refractivity contribution in [1.82, 2.24) is 4.90 Å². The summed E-state index contributed by atoms with van der Waals surface area (Å²) in [5.74, 6) is 2.55. The number of hydrogen-bond donors (Lipinski definition) is 1. The van der Waals surface area contributed by atoms with Gasteiger partial charge in [-0.05, 0) is 44.1 Å². The van der Waals surface area contributed by atoms with E-state index in [0.717, 1.165) is 24.3 Å². The lowest BCUT2D eigenvalue weighted by Gasteiger charge is -2.26. The van der Waals surface area contributed by atoms with Gasteiger partial charge in [-0.15, -0.1) is 0 Å². The predicted octanol–water partition coefficient (Wildman–Crippen LogP) is 0.840. The fraction of sp³-hybridized carbons (Fsp3) is 0.909. The summed E-state index contributed by atoms with van der Waals surface area (Å²) in [7, 11) is 2.00. The van der Waals surface area contributed by atoms with Crippen molar-refractivity contribution in [2.24, 2.45) is 23.5 Å². The van der Waals surface area contributed by atoms with E-state index in [1.165, 1.54) is 25.7 Å². The second kappa shape index (κ2) is 3.89. The maximum Gasteiger partial charge on any atom is 0.231 e. The molecule has 3 atom stereocenters. The number of nitrogens with zero attached hydrogens (tertiary/aromatic N) is 1. The van der Waals surface area contributed by atoms with Gasteiger partial charge in [0, 0.05) is 6.54 Å². The Morgan fingerprint density at radius 1 is 1.43 bits per heavy atom. The zero-order chi connectivity index (χ0) is 10.1. The van der Waals surface area contributed by atoms with Crippen LogP contribution in [0.2, 0.25) is 0 Å². The molecule has 2 fully saturated rings. The summed E-state index contributed by atoms with van der Waals surface area (Å²) >= 11 is 0. The molecule has 80 valence electrons. The fourth-order valence-electron chi connectivity index (χ4n) is 3.33. The smallest absolute Gasteiger partial charge is 0.231 e. The monoisotopic (exact) mass is 196 g/mol. The molecule has 2 aliphatic rings. The lowest BCUT2D eigenvalue weighted by atomic mass is 9.88. The van der Waals surface area contributed by atoms with Gasteiger partial charge in [-0.25, -0.2) is 0 Å². The Kier molecular flexibility index (Phi) is 2.77. The Hall–Kier alpha value is -0.570. The predicted molar refractivity (Wildman–Crippen MR) is 55.6 cm³/mol. The number of hydrogen-bond acceptors (Lipinski definition) is 2. The number of amides is 1. The molecule has 2 saturated carbocycles. The highest BCUT2D eigenvalue weighted by Gasteiger charge is 2.39. The van der Waals surface area contributed by atoms with Crippen LogP contribution in [-0.2, 0) is 4.79 Å². The van der Waals surface area contributed by atoms with E-state index in [2.05, 4.69) is 4.90 Å². The Balaban J connectivity index is 1.78. The summed E-state index contributed by atoms with van der Waals surface area (Å²) in [6.45, 7) is 1.47. The number of likely N-dealkylation sites (N-methyl/N-ethyl adjacent to an activating group) is 1. The van der Waals surface area contributed by atoms with Crippen LogP contribution in [0.15, 0.2) is 0 Å². The van der Waals surface area contributed by atoms with Gasteiger partial charge in [0.15, 0.2) is 0 Å². The van der Waals surface area contributed by atoms with E-state index in [1.807, 2.05) is 7.05 Å². The number of primary amides is 1. The number of fused-ring (bicyclic) bond motifs is 2. The second-order valence-electron chi connectivity index (χ2n) is 5.10. The molecule has 0 aromatic carbocycles. The Labute approximate surface area is 85.6 Å². The Bertz CT molecular complexity index is 229. The molecule has 0 heterocycles. The lowest BCUT2D eigenvalue weighted by Crippen LogP contribution is -2.35. The fourth-order valence-corrected chi connectivity index (χ4v) is 3.33. The SMILES string of the molecule is CN(CC(N)=O)CC1CC2CCC1C2. The maximum absolute atomic E-state index is 10.7. The van der Waals surface area contributed by atoms with Gasteiger partial charge in [-0.3, -0.25) is 9.69 Å². The van der Waals surface area contributed by atoms with Crippen LogP contribution in [0.5, 0.6) is 0 Å². The minimum Gasteiger partial charge on any atom is -0.369 e. The molecular formula is C11H20N2O. The molecular weight excluding hydrogens is 176 g/mol. The number of rotatable bonds is 4. The van der Waals surface area contributed by atoms with Gasteiger partial charge < -0.3 is 5.73 Å². The van der Waals surface area contributed by atoms with Crippen LogP contribution >= 0.6 is 0 Å². The Morgan fingerprint density at radius 3 is 2.71 bits per heavy atom. The molecule has 2 N–H and O–H groups in total. The summed E-state index contributed by atoms with van der Waals surface area (Å²) < 4.78 is 0. The van der Waals surface area contributed by atoms with Gasteiger partial charge in [0.25, 0.3) is 0 Å². The first kappa shape index (κ1) is 9.97. The highest BCUT2D eigenvalue weighted by atomic mass is 16.1. The molecule has 1 amide bonds. The third kappa shape index (κ3) is 2.08. The van der Waals surface area contributed by atoms with Crippen LogP contribution in [0.1, 0.15) is 25.7 Å². The van der Waals surface area contributed by atoms with E-state index in [4.69, 9.17) is 5.73 Å². The zero-order valence-corrected chi connectivity index (χ0v) is 8.91. The van der Waals surface area contributed by atoms with Gasteiger partial charge >= 0.3 is 0 Å². The number of carbonyl (C=O) groups excluding carboxylic acids is 1. The summed E-state index contributed by atoms with van der Waals surface area (Å²) in [5.41, 5.74) is 5.16. The average molecular weight is 196 g/mol. The first-order valence-electron chi connectivity index (χ1n) is 5.62. The summed E-state index contributed by atoms with van der Waals surface area (Å²) in [5, 5.41) is 0. The molecule has 0 radical (unpaired) electrons. The molecule has 0 aromatic rings. The average Bonchev–Trinajstić information content (AvgIpc) is 2.62. The Morgan fingerprint density at radius 2 is 2.21 bits per heavy atom. The van der Waals surface area contributed by atoms with E-state index in [9.17, 15) is 4.79 Å². The van der Waals surface area contributed by atoms with Crippen LogP contribution in [0, 0.1) is 17.8 Å². The minimum absolute atomic E-state index is 0.212. The molecule has 3 heteroatoms. The summed E-state index contributed by atoms with van der Waals surface area (Å²) in [4.78, 5) is 12.8. The molecule has 0 saturated heterocycles. The van der Waals surface area contributed by atoms with Crippen molar-refractivity contribution < 1.29 is 4.79 Å². The zero-order valence-electron chi connectivity index (χ0n) is 8.91. The molecule has 0 aromatic heterocycles. The van der Waals surface area contributed by atoms with Crippen molar-refractivity contribution in [3.63, 3.8) is 0 Å². The molecule has 2 bridgehead atoms. The first-order chi connectivity index (χ1) is 6.65. The van der Waals surface area contributed by atoms with E-state index >= 15 is 0 Å². The third-order valence-electron chi connectivity index (χ3n) is 3.86. The molecule has 14 heavy (non-hydrogen) atoms. The highest BCUT2D eigenvalue weighted by molar-refractivity contribution is 5.75. The van der Waals surface area contributed by atoms with Gasteiger partial charge in [0.1, 0.15) is 0 Å². The van der Waals surface area contributed by atoms with Crippen molar-refractivity contribution in [2.45, 2.75) is 25.7 Å². The molecule has 0 spiro atoms. The van der Waals surface area contributed by atoms with Crippen LogP contribution in [-0.4, -0.2) is 30.9 Å². The second-order valence-corrected chi connectivity index (χ2v) is 5.10. The lowest BCUT2D eigenvalue weighted by molar-refractivity contribution is -0.119. The van der Waals surface area contributed by atoms with E-state index < -0.39 is 0 Å². The van der Waals surface area contributed by atoms with Crippen molar-refractivity contribution in [1.29, 1.82) is 0 Å². The standard InChI is InChI=1S/C11H20N2O/c1-13(7-11(12)14)6-10-5-8-2-3-9(10)4-8/h8-10H,2-7H2,1H3,(H2,12,14). The molecule has 3 nitrogen and oxygen atoms in total. The van der Waals surface area contributed by atoms with Crippen molar-refractivity contribution in [3.8, 4) is 0 Å². The normalized spacial score (nSPS) is 35.4. The molecule has 2 aliphatic carbocycles. The van der Waals surface area contributed by atoms with Crippen LogP contribution < -0.4 is 5.73 Å². The van der Waals surface area contributed by atoms with E-state index in [1.54, 1.807) is 0 Å². The van der Waals surface area contributed by atoms with Gasteiger partial charge in [0.2, 0.25) is 5.91 Å². The van der Waals surface area contributed by atoms with E-state index in [0.29, 0.717) is 6.54 Å². The summed E-state index contributed by atoms with van der Waals surface area (Å²) in [6.07, 6.45) is 5.68. The van der Waals surface area contributed by atoms with Crippen molar-refractivity contribution in [2.75, 3.05) is 20.1 Å². The van der Waals surface area contributed by atoms with E-state index in [-0.39, 0.29) is 5.91 Å². The van der Waals surface area contributed by atoms with Crippen molar-refractivity contribution >= 4 is 5.91 Å². The highest BCUT2D eigenvalue weighted by Crippen LogP contribution is 2.48. The molecule has 3 unspecified atom stereocenters. The number of carbonyl (C=O) groups is 1. The topological polar surface area (TPSA) is 46.3 Å². The van der Waals surface area contributed by atoms with Gasteiger partial charge in [0.05, 0.1) is 6.54 Å². The largest absolute Gasteiger partial charge is 0.369 e. The maximum atomic E-state index is 10.7. The molecule has 2 rings (SSSR count). The quantitative estimate of drug-likeness (QED) is 0.724.